The van der Waals surface area contributed by atoms with Gasteiger partial charge >= 0.3 is 36.6 Å². The molecular formula is C70H99Cl4F3N24O33P4S4. The highest BCUT2D eigenvalue weighted by Gasteiger charge is 2.62. The van der Waals surface area contributed by atoms with E-state index in [0.717, 1.165) is 128 Å². The molecule has 13 heterocycles. The Hall–Kier alpha value is -6.70. The van der Waals surface area contributed by atoms with E-state index in [9.17, 15) is 140 Å². The number of pyridine rings is 4. The molecule has 0 aromatic carbocycles. The minimum absolute atomic E-state index is 0.00775. The Morgan fingerprint density at radius 3 is 0.923 bits per heavy atom. The Balaban J connectivity index is 0.000000150. The summed E-state index contributed by atoms with van der Waals surface area (Å²) in [4.78, 5) is 80.9. The molecule has 5 unspecified atom stereocenters. The van der Waals surface area contributed by atoms with E-state index in [1.807, 2.05) is 5.21 Å². The van der Waals surface area contributed by atoms with E-state index in [1.54, 1.807) is 18.2 Å². The van der Waals surface area contributed by atoms with E-state index in [1.165, 1.54) is 13.0 Å². The number of aromatic amines is 1. The van der Waals surface area contributed by atoms with Crippen LogP contribution >= 0.6 is 76.8 Å². The van der Waals surface area contributed by atoms with Crippen LogP contribution in [0.15, 0.2) is 24.3 Å². The normalized spacial score (nSPS) is 27.2. The Morgan fingerprint density at radius 2 is 0.690 bits per heavy atom. The van der Waals surface area contributed by atoms with Crippen molar-refractivity contribution in [2.45, 2.75) is 278 Å². The summed E-state index contributed by atoms with van der Waals surface area (Å²) >= 11 is 24.7. The lowest BCUT2D eigenvalue weighted by Crippen LogP contribution is -2.43. The summed E-state index contributed by atoms with van der Waals surface area (Å²) in [6.07, 6.45) is -18.2. The number of anilines is 4. The second-order valence-electron chi connectivity index (χ2n) is 35.2. The summed E-state index contributed by atoms with van der Waals surface area (Å²) in [6.45, 7) is 2.26. The number of hydrogen-bond donors (Lipinski definition) is 22. The van der Waals surface area contributed by atoms with E-state index in [4.69, 9.17) is 75.1 Å². The van der Waals surface area contributed by atoms with Gasteiger partial charge in [0.25, 0.3) is 4.99 Å². The van der Waals surface area contributed by atoms with Gasteiger partial charge < -0.3 is 125 Å². The average molecular weight is 2260 g/mol. The van der Waals surface area contributed by atoms with Gasteiger partial charge in [-0.05, 0) is 64.7 Å². The van der Waals surface area contributed by atoms with Crippen LogP contribution in [-0.2, 0) is 76.6 Å². The zero-order chi connectivity index (χ0) is 104. The van der Waals surface area contributed by atoms with E-state index in [0.29, 0.717) is 39.3 Å². The second kappa shape index (κ2) is 43.5. The highest BCUT2D eigenvalue weighted by molar-refractivity contribution is 7.99. The van der Waals surface area contributed by atoms with Crippen LogP contribution in [0.4, 0.5) is 35.9 Å². The highest BCUT2D eigenvalue weighted by atomic mass is 35.5. The van der Waals surface area contributed by atoms with Crippen LogP contribution < -0.4 is 21.3 Å². The molecule has 142 heavy (non-hydrogen) atoms. The first kappa shape index (κ1) is 111. The third-order valence-corrected chi connectivity index (χ3v) is 44.0. The molecule has 0 radical (unpaired) electrons. The molecule has 0 amide bonds. The SMILES string of the molecule is CC(O)C(P(=O)(O)O)S(=O)(=O)C[C@H]1O[C@@H](n2nnc3c(NC4CCCC4)cc(Cl)nc32)[C@H](O)[C@@H]1O.CCC(P(=O)(O)O)S(=O)(=O)C[C@H]1O[C@@H](n2nnc3c(NC4CCCC4)cc(Cl)nc32)[C@H](O)[C@@H]1O.O=P(O)(O)C(C(F)(F)F)S(=O)(=O)C[C@H]1O[C@@H](n2nnc3c(NC4CCCC4)cc(Cl)nc32)[C@H](O)[C@@H]1O.O=P(O)(O)C(c1nn[nH]n1)S(=O)(=O)C[C@H]1O[C@@H](n2nnc3c(NC4CCCC4)cc(Cl)nc32)[C@H](O)[C@@H]1O. The number of nitrogens with one attached hydrogen (secondary N) is 5. The van der Waals surface area contributed by atoms with E-state index < -0.39 is 229 Å². The maximum absolute atomic E-state index is 13.2. The predicted octanol–water partition coefficient (Wildman–Crippen LogP) is 0.727. The topological polar surface area (TPSA) is 863 Å². The quantitative estimate of drug-likeness (QED) is 0.0210. The number of halogens is 7. The number of rotatable bonds is 31. The summed E-state index contributed by atoms with van der Waals surface area (Å²) in [5.74, 6) is -5.45. The summed E-state index contributed by atoms with van der Waals surface area (Å²) in [5.41, 5.74) is 3.85. The van der Waals surface area contributed by atoms with Gasteiger partial charge in [-0.15, -0.1) is 30.6 Å². The van der Waals surface area contributed by atoms with Crippen molar-refractivity contribution in [1.29, 1.82) is 0 Å². The maximum atomic E-state index is 13.2. The Kier molecular flexibility index (Phi) is 34.0. The van der Waals surface area contributed by atoms with E-state index >= 15 is 0 Å². The fourth-order valence-corrected chi connectivity index (χ4v) is 34.3. The largest absolute Gasteiger partial charge is 0.417 e. The molecule has 9 aromatic heterocycles. The van der Waals surface area contributed by atoms with Gasteiger partial charge in [-0.25, -0.2) is 53.6 Å². The molecule has 17 rings (SSSR count). The molecule has 4 aliphatic carbocycles. The molecule has 57 nitrogen and oxygen atoms in total. The zero-order valence-corrected chi connectivity index (χ0v) is 83.7. The number of alkyl halides is 3. The summed E-state index contributed by atoms with van der Waals surface area (Å²) in [7, 11) is -41.2. The molecule has 72 heteroatoms. The van der Waals surface area contributed by atoms with Crippen LogP contribution in [0.5, 0.6) is 0 Å². The molecule has 790 valence electrons. The van der Waals surface area contributed by atoms with Crippen molar-refractivity contribution < 1.29 is 169 Å². The third-order valence-electron chi connectivity index (χ3n) is 24.8. The van der Waals surface area contributed by atoms with Gasteiger partial charge in [-0.2, -0.15) is 37.1 Å². The van der Waals surface area contributed by atoms with E-state index in [-0.39, 0.29) is 79.3 Å². The molecule has 8 fully saturated rings. The lowest BCUT2D eigenvalue weighted by Gasteiger charge is -2.23. The molecule has 0 bridgehead atoms. The highest BCUT2D eigenvalue weighted by Crippen LogP contribution is 2.57. The molecule has 22 N–H and O–H groups in total. The van der Waals surface area contributed by atoms with Gasteiger partial charge in [0.15, 0.2) is 119 Å². The zero-order valence-electron chi connectivity index (χ0n) is 73.8. The fourth-order valence-electron chi connectivity index (χ4n) is 18.3. The van der Waals surface area contributed by atoms with Crippen LogP contribution in [0.3, 0.4) is 0 Å². The van der Waals surface area contributed by atoms with E-state index in [2.05, 4.69) is 97.9 Å². The standard InChI is InChI=1S/C18H27ClN5O9PS.C18H27ClN5O8PS.C17H22ClF3N5O8PS.C17H23ClN9O8PS/c1-8(25)18(34(28,29)30)35(31,32)7-11-14(26)15(27)17(33-11)24-16-13(22-23-24)10(6-12(19)21-16)20-9-4-2-3-5-9;1-2-13(33(27,28)29)34(30,31)8-11-15(25)16(26)18(32-11)24-17-14(22-23-24)10(7-12(19)21-17)20-9-5-3-4-6-9;18-10-5-8(22-7-3-1-2-4-7)11-14(23-10)26(25-24-11)15-13(28)12(27)9(34-15)6-36(32,33)16(17(19,20)21)35(29,30)31;18-10-5-8(19-7-3-1-2-4-7)11-15(20-10)27(26-21-11)16-13(29)12(28)9(35-16)6-37(33,34)17(36(30,31)32)14-22-24-25-23-14/h6,8-9,11,14-15,17-18,25-27H,2-5,7H2,1H3,(H,20,21)(H2,28,29,30);7,9,11,13,15-16,18,25-26H,2-6,8H2,1H3,(H,20,21)(H2,27,28,29);5,7,9,12-13,15-16,27-28H,1-4,6H2,(H,22,23)(H2,29,30,31);5,7,9,12-13,16-17,28-29H,1-4,6H2,(H,19,20)(H2,30,31,32)(H,22,23,24,25)/t8?,11-,14-,15-,17-,18?;11-,13?,15-,16-,18-;9-,12-,13-,15-,16?;9-,12-,13-,16-,17?/m1111/s1. The number of aliphatic hydroxyl groups is 9. The minimum atomic E-state index is -6.20. The number of tetrazole rings is 1. The van der Waals surface area contributed by atoms with Crippen LogP contribution in [-0.4, -0.2) is 367 Å². The number of aliphatic hydroxyl groups excluding tert-OH is 9. The molecule has 4 aliphatic heterocycles. The van der Waals surface area contributed by atoms with Crippen molar-refractivity contribution in [3.63, 3.8) is 0 Å². The van der Waals surface area contributed by atoms with Gasteiger partial charge in [0, 0.05) is 48.4 Å². The number of ether oxygens (including phenoxy) is 4. The van der Waals surface area contributed by atoms with Crippen LogP contribution in [0.25, 0.3) is 44.7 Å². The predicted molar refractivity (Wildman–Crippen MR) is 488 cm³/mol. The van der Waals surface area contributed by atoms with Crippen molar-refractivity contribution in [2.75, 3.05) is 44.3 Å². The Morgan fingerprint density at radius 1 is 0.415 bits per heavy atom. The van der Waals surface area contributed by atoms with Crippen LogP contribution in [0.1, 0.15) is 159 Å². The number of fused-ring (bicyclic) bond motifs is 4. The number of sulfone groups is 4. The molecule has 4 saturated heterocycles. The van der Waals surface area contributed by atoms with Crippen molar-refractivity contribution in [2.24, 2.45) is 0 Å². The molecule has 4 saturated carbocycles. The Bertz CT molecular complexity index is 6730. The second-order valence-corrected chi connectivity index (χ2v) is 53.7. The summed E-state index contributed by atoms with van der Waals surface area (Å²) in [6, 6.07) is 7.16. The van der Waals surface area contributed by atoms with Crippen molar-refractivity contribution in [3.05, 3.63) is 50.7 Å². The number of aromatic nitrogens is 20. The van der Waals surface area contributed by atoms with Gasteiger partial charge in [-0.1, -0.05) is 131 Å². The molecule has 8 aliphatic rings. The summed E-state index contributed by atoms with van der Waals surface area (Å²) < 4.78 is 214. The minimum Gasteiger partial charge on any atom is -0.391 e. The lowest BCUT2D eigenvalue weighted by molar-refractivity contribution is -0.118. The van der Waals surface area contributed by atoms with Crippen LogP contribution in [0, 0.1) is 0 Å². The number of hydrogen-bond acceptors (Lipinski definition) is 44. The van der Waals surface area contributed by atoms with Crippen LogP contribution in [0.2, 0.25) is 20.6 Å². The smallest absolute Gasteiger partial charge is 0.391 e. The van der Waals surface area contributed by atoms with Crippen molar-refractivity contribution in [3.8, 4) is 0 Å². The maximum Gasteiger partial charge on any atom is 0.417 e. The molecule has 0 spiro atoms. The lowest BCUT2D eigenvalue weighted by atomic mass is 10.1. The molecular weight excluding hydrogens is 2160 g/mol. The van der Waals surface area contributed by atoms with Gasteiger partial charge in [-0.3, -0.25) is 18.3 Å². The van der Waals surface area contributed by atoms with Gasteiger partial charge in [0.1, 0.15) is 93.9 Å². The van der Waals surface area contributed by atoms with Gasteiger partial charge in [0.2, 0.25) is 10.8 Å². The Labute approximate surface area is 820 Å². The molecule has 21 atom stereocenters. The van der Waals surface area contributed by atoms with Gasteiger partial charge in [0.05, 0.1) is 51.9 Å². The van der Waals surface area contributed by atoms with Crippen molar-refractivity contribution in [1.82, 2.24) is 101 Å². The fraction of sp³-hybridized carbons (Fsp3) is 0.700. The average Bonchev–Trinajstić information content (AvgIpc) is 1.61. The third kappa shape index (κ3) is 24.5. The first-order chi connectivity index (χ1) is 66.3. The monoisotopic (exact) mass is 2250 g/mol. The van der Waals surface area contributed by atoms with Crippen molar-refractivity contribution >= 4 is 184 Å². The summed E-state index contributed by atoms with van der Waals surface area (Å²) in [5, 5.41) is 151. The number of nitrogens with zero attached hydrogens (tertiary/aromatic N) is 19. The number of H-pyrrole nitrogens is 1. The first-order valence-corrected chi connectivity index (χ1v) is 58.7. The first-order valence-electron chi connectivity index (χ1n) is 43.6. The molecule has 9 aromatic rings.